The summed E-state index contributed by atoms with van der Waals surface area (Å²) in [6.07, 6.45) is 2.77. The molecule has 1 N–H and O–H groups in total. The van der Waals surface area contributed by atoms with Crippen molar-refractivity contribution in [3.8, 4) is 0 Å². The van der Waals surface area contributed by atoms with Crippen molar-refractivity contribution >= 4 is 21.9 Å². The van der Waals surface area contributed by atoms with Crippen LogP contribution in [0.3, 0.4) is 0 Å². The summed E-state index contributed by atoms with van der Waals surface area (Å²) in [5.74, 6) is -0.635. The van der Waals surface area contributed by atoms with Gasteiger partial charge in [-0.25, -0.2) is 4.79 Å². The topological polar surface area (TPSA) is 72.4 Å². The molecule has 0 unspecified atom stereocenters. The predicted octanol–water partition coefficient (Wildman–Crippen LogP) is 1.95. The number of rotatable bonds is 3. The maximum atomic E-state index is 11.5. The van der Waals surface area contributed by atoms with Gasteiger partial charge in [0.15, 0.2) is 0 Å². The number of halogens is 1. The molecule has 2 aromatic rings. The molecule has 0 spiro atoms. The Bertz CT molecular complexity index is 614. The van der Waals surface area contributed by atoms with Crippen LogP contribution in [0.5, 0.6) is 0 Å². The summed E-state index contributed by atoms with van der Waals surface area (Å²) in [5.41, 5.74) is -0.107. The second kappa shape index (κ2) is 4.58. The second-order valence-corrected chi connectivity index (χ2v) is 4.34. The van der Waals surface area contributed by atoms with Crippen LogP contribution < -0.4 is 5.56 Å². The first kappa shape index (κ1) is 11.7. The largest absolute Gasteiger partial charge is 0.478 e. The van der Waals surface area contributed by atoms with E-state index >= 15 is 0 Å². The smallest absolute Gasteiger partial charge is 0.338 e. The van der Waals surface area contributed by atoms with Crippen LogP contribution >= 0.6 is 15.9 Å². The highest BCUT2D eigenvalue weighted by molar-refractivity contribution is 9.10. The van der Waals surface area contributed by atoms with E-state index in [2.05, 4.69) is 15.9 Å². The number of hydrogen-bond acceptors (Lipinski definition) is 3. The molecule has 0 aliphatic rings. The van der Waals surface area contributed by atoms with Gasteiger partial charge >= 0.3 is 5.97 Å². The van der Waals surface area contributed by atoms with Gasteiger partial charge in [-0.1, -0.05) is 0 Å². The van der Waals surface area contributed by atoms with E-state index in [1.807, 2.05) is 0 Å². The Morgan fingerprint density at radius 1 is 1.47 bits per heavy atom. The standard InChI is InChI=1S/C11H8BrNO4/c12-8-1-2-10(14)13(4-8)5-9-3-7(6-17-9)11(15)16/h1-4,6H,5H2,(H,15,16). The van der Waals surface area contributed by atoms with Crippen molar-refractivity contribution in [2.45, 2.75) is 6.54 Å². The van der Waals surface area contributed by atoms with Crippen molar-refractivity contribution < 1.29 is 14.3 Å². The van der Waals surface area contributed by atoms with Crippen LogP contribution in [0.25, 0.3) is 0 Å². The molecule has 6 heteroatoms. The average molecular weight is 298 g/mol. The maximum absolute atomic E-state index is 11.5. The minimum atomic E-state index is -1.05. The Labute approximate surface area is 104 Å². The highest BCUT2D eigenvalue weighted by atomic mass is 79.9. The molecular weight excluding hydrogens is 290 g/mol. The SMILES string of the molecule is O=C(O)c1coc(Cn2cc(Br)ccc2=O)c1. The predicted molar refractivity (Wildman–Crippen MR) is 63.2 cm³/mol. The minimum Gasteiger partial charge on any atom is -0.478 e. The molecule has 2 aromatic heterocycles. The normalized spacial score (nSPS) is 10.4. The van der Waals surface area contributed by atoms with Gasteiger partial charge < -0.3 is 14.1 Å². The molecule has 88 valence electrons. The Kier molecular flexibility index (Phi) is 3.14. The molecule has 0 fully saturated rings. The van der Waals surface area contributed by atoms with Crippen molar-refractivity contribution in [1.82, 2.24) is 4.57 Å². The Balaban J connectivity index is 2.28. The van der Waals surface area contributed by atoms with E-state index in [0.717, 1.165) is 10.7 Å². The number of nitrogens with zero attached hydrogens (tertiary/aromatic N) is 1. The lowest BCUT2D eigenvalue weighted by Gasteiger charge is -2.02. The first-order valence-corrected chi connectivity index (χ1v) is 5.52. The number of hydrogen-bond donors (Lipinski definition) is 1. The van der Waals surface area contributed by atoms with Crippen LogP contribution in [0.4, 0.5) is 0 Å². The quantitative estimate of drug-likeness (QED) is 0.940. The third kappa shape index (κ3) is 2.65. The summed E-state index contributed by atoms with van der Waals surface area (Å²) in [6, 6.07) is 4.46. The van der Waals surface area contributed by atoms with Gasteiger partial charge in [-0.3, -0.25) is 4.79 Å². The van der Waals surface area contributed by atoms with Crippen molar-refractivity contribution in [2.75, 3.05) is 0 Å². The van der Waals surface area contributed by atoms with Crippen LogP contribution in [0.2, 0.25) is 0 Å². The molecule has 2 rings (SSSR count). The lowest BCUT2D eigenvalue weighted by molar-refractivity contribution is 0.0696. The van der Waals surface area contributed by atoms with E-state index in [-0.39, 0.29) is 17.7 Å². The molecule has 0 amide bonds. The van der Waals surface area contributed by atoms with Crippen molar-refractivity contribution in [2.24, 2.45) is 0 Å². The molecule has 17 heavy (non-hydrogen) atoms. The Morgan fingerprint density at radius 3 is 2.88 bits per heavy atom. The van der Waals surface area contributed by atoms with Gasteiger partial charge in [0.1, 0.15) is 12.0 Å². The van der Waals surface area contributed by atoms with E-state index in [1.165, 1.54) is 16.7 Å². The monoisotopic (exact) mass is 297 g/mol. The van der Waals surface area contributed by atoms with E-state index in [1.54, 1.807) is 12.3 Å². The van der Waals surface area contributed by atoms with Gasteiger partial charge in [0.05, 0.1) is 12.1 Å². The fraction of sp³-hybridized carbons (Fsp3) is 0.0909. The van der Waals surface area contributed by atoms with Crippen molar-refractivity contribution in [3.05, 3.63) is 56.8 Å². The van der Waals surface area contributed by atoms with Crippen LogP contribution in [0, 0.1) is 0 Å². The molecule has 0 aromatic carbocycles. The lowest BCUT2D eigenvalue weighted by Crippen LogP contribution is -2.18. The third-order valence-corrected chi connectivity index (χ3v) is 2.64. The Morgan fingerprint density at radius 2 is 2.24 bits per heavy atom. The number of carbonyl (C=O) groups is 1. The number of pyridine rings is 1. The van der Waals surface area contributed by atoms with Gasteiger partial charge in [0, 0.05) is 16.7 Å². The first-order valence-electron chi connectivity index (χ1n) is 4.73. The zero-order valence-electron chi connectivity index (χ0n) is 8.59. The number of aromatic nitrogens is 1. The van der Waals surface area contributed by atoms with Gasteiger partial charge in [0.25, 0.3) is 5.56 Å². The van der Waals surface area contributed by atoms with Crippen molar-refractivity contribution in [1.29, 1.82) is 0 Å². The number of aromatic carboxylic acids is 1. The van der Waals surface area contributed by atoms with E-state index in [0.29, 0.717) is 5.76 Å². The van der Waals surface area contributed by atoms with Crippen LogP contribution in [-0.2, 0) is 6.54 Å². The summed E-state index contributed by atoms with van der Waals surface area (Å²) in [6.45, 7) is 0.200. The molecule has 0 aliphatic heterocycles. The van der Waals surface area contributed by atoms with E-state index in [9.17, 15) is 9.59 Å². The lowest BCUT2D eigenvalue weighted by atomic mass is 10.3. The second-order valence-electron chi connectivity index (χ2n) is 3.42. The van der Waals surface area contributed by atoms with Gasteiger partial charge in [0.2, 0.25) is 0 Å². The van der Waals surface area contributed by atoms with E-state index < -0.39 is 5.97 Å². The third-order valence-electron chi connectivity index (χ3n) is 2.17. The summed E-state index contributed by atoms with van der Waals surface area (Å²) in [5, 5.41) is 8.73. The van der Waals surface area contributed by atoms with Gasteiger partial charge in [-0.2, -0.15) is 0 Å². The minimum absolute atomic E-state index is 0.0723. The number of furan rings is 1. The summed E-state index contributed by atoms with van der Waals surface area (Å²) < 4.78 is 7.26. The molecule has 0 bridgehead atoms. The molecule has 0 aliphatic carbocycles. The molecule has 0 atom stereocenters. The Hall–Kier alpha value is -1.82. The molecule has 0 radical (unpaired) electrons. The molecule has 5 nitrogen and oxygen atoms in total. The number of carboxylic acids is 1. The fourth-order valence-electron chi connectivity index (χ4n) is 1.37. The highest BCUT2D eigenvalue weighted by Gasteiger charge is 2.09. The van der Waals surface area contributed by atoms with Crippen molar-refractivity contribution in [3.63, 3.8) is 0 Å². The maximum Gasteiger partial charge on any atom is 0.338 e. The zero-order valence-corrected chi connectivity index (χ0v) is 10.2. The molecule has 2 heterocycles. The van der Waals surface area contributed by atoms with Crippen LogP contribution in [0.15, 0.2) is 44.3 Å². The van der Waals surface area contributed by atoms with Crippen LogP contribution in [0.1, 0.15) is 16.1 Å². The molecular formula is C11H8BrNO4. The van der Waals surface area contributed by atoms with E-state index in [4.69, 9.17) is 9.52 Å². The highest BCUT2D eigenvalue weighted by Crippen LogP contribution is 2.10. The average Bonchev–Trinajstić information content (AvgIpc) is 2.72. The summed E-state index contributed by atoms with van der Waals surface area (Å²) in [4.78, 5) is 22.2. The molecule has 0 saturated heterocycles. The van der Waals surface area contributed by atoms with Gasteiger partial charge in [-0.05, 0) is 28.1 Å². The van der Waals surface area contributed by atoms with Gasteiger partial charge in [-0.15, -0.1) is 0 Å². The zero-order chi connectivity index (χ0) is 12.4. The molecule has 0 saturated carbocycles. The summed E-state index contributed by atoms with van der Waals surface area (Å²) in [7, 11) is 0. The summed E-state index contributed by atoms with van der Waals surface area (Å²) >= 11 is 3.25. The van der Waals surface area contributed by atoms with Crippen LogP contribution in [-0.4, -0.2) is 15.6 Å². The fourth-order valence-corrected chi connectivity index (χ4v) is 1.75. The first-order chi connectivity index (χ1) is 8.06. The number of carboxylic acid groups (broad SMARTS) is 1.